The SMILES string of the molecule is COC(=O)Nc1ccc2c(c1)NC(=O)C(C)CCCC(N1CCC(c3c(F)ccc(Cl)c3F)OC1=O)c1nc-2c(Cl)[nH]1. The fraction of sp³-hybridized carbons (Fsp3) is 0.357. The van der Waals surface area contributed by atoms with Crippen LogP contribution >= 0.6 is 23.2 Å². The van der Waals surface area contributed by atoms with Crippen LogP contribution in [0.5, 0.6) is 0 Å². The summed E-state index contributed by atoms with van der Waals surface area (Å²) in [5.74, 6) is -2.08. The van der Waals surface area contributed by atoms with E-state index >= 15 is 0 Å². The average Bonchev–Trinajstić information content (AvgIpc) is 3.34. The minimum Gasteiger partial charge on any atom is -0.453 e. The summed E-state index contributed by atoms with van der Waals surface area (Å²) in [6.45, 7) is 1.90. The highest BCUT2D eigenvalue weighted by molar-refractivity contribution is 6.32. The molecule has 3 amide bonds. The van der Waals surface area contributed by atoms with Crippen molar-refractivity contribution in [3.05, 3.63) is 63.5 Å². The van der Waals surface area contributed by atoms with Gasteiger partial charge in [0.15, 0.2) is 5.82 Å². The maximum absolute atomic E-state index is 14.7. The zero-order chi connectivity index (χ0) is 30.1. The molecular weight excluding hydrogens is 595 g/mol. The van der Waals surface area contributed by atoms with Crippen LogP contribution in [0.25, 0.3) is 11.3 Å². The molecule has 222 valence electrons. The maximum Gasteiger partial charge on any atom is 0.411 e. The maximum atomic E-state index is 14.7. The number of aromatic nitrogens is 2. The highest BCUT2D eigenvalue weighted by Gasteiger charge is 2.38. The van der Waals surface area contributed by atoms with Gasteiger partial charge >= 0.3 is 12.2 Å². The molecule has 3 N–H and O–H groups in total. The van der Waals surface area contributed by atoms with E-state index in [2.05, 4.69) is 20.4 Å². The van der Waals surface area contributed by atoms with Gasteiger partial charge in [-0.2, -0.15) is 0 Å². The van der Waals surface area contributed by atoms with Gasteiger partial charge < -0.3 is 19.8 Å². The number of nitrogens with zero attached hydrogens (tertiary/aromatic N) is 2. The molecule has 0 radical (unpaired) electrons. The summed E-state index contributed by atoms with van der Waals surface area (Å²) >= 11 is 12.4. The Labute approximate surface area is 249 Å². The molecule has 1 aromatic heterocycles. The Morgan fingerprint density at radius 2 is 1.95 bits per heavy atom. The van der Waals surface area contributed by atoms with E-state index < -0.39 is 47.4 Å². The Balaban J connectivity index is 1.48. The summed E-state index contributed by atoms with van der Waals surface area (Å²) in [5.41, 5.74) is 1.14. The molecule has 0 spiro atoms. The molecule has 10 nitrogen and oxygen atoms in total. The number of nitrogens with one attached hydrogen (secondary N) is 3. The lowest BCUT2D eigenvalue weighted by atomic mass is 9.98. The van der Waals surface area contributed by atoms with Crippen LogP contribution in [0.1, 0.15) is 56.1 Å². The molecule has 3 atom stereocenters. The van der Waals surface area contributed by atoms with Crippen LogP contribution in [0.2, 0.25) is 10.2 Å². The van der Waals surface area contributed by atoms with Crippen molar-refractivity contribution >= 4 is 52.7 Å². The fourth-order valence-corrected chi connectivity index (χ4v) is 5.58. The largest absolute Gasteiger partial charge is 0.453 e. The summed E-state index contributed by atoms with van der Waals surface area (Å²) in [6, 6.07) is 6.33. The number of halogens is 4. The number of ether oxygens (including phenoxy) is 2. The van der Waals surface area contributed by atoms with Gasteiger partial charge in [0.1, 0.15) is 28.6 Å². The number of anilines is 2. The summed E-state index contributed by atoms with van der Waals surface area (Å²) < 4.78 is 39.3. The number of fused-ring (bicyclic) bond motifs is 4. The predicted molar refractivity (Wildman–Crippen MR) is 151 cm³/mol. The Kier molecular flexibility index (Phi) is 8.55. The monoisotopic (exact) mass is 621 g/mol. The molecule has 2 aliphatic rings. The standard InChI is InChI=1S/C28H27Cl2F2N5O5/c1-13-4-3-5-19(37-11-10-20(42-28(37)40)21-17(31)9-8-16(29)22(21)32)25-35-23(24(30)36-25)15-7-6-14(33-27(39)41-2)12-18(15)34-26(13)38/h6-9,12-13,19-20H,3-5,10-11H2,1-2H3,(H,33,39)(H,34,38)(H,35,36). The second-order valence-electron chi connectivity index (χ2n) is 10.1. The van der Waals surface area contributed by atoms with Crippen LogP contribution in [0.3, 0.4) is 0 Å². The second kappa shape index (κ2) is 12.1. The van der Waals surface area contributed by atoms with Gasteiger partial charge in [0.25, 0.3) is 0 Å². The zero-order valence-electron chi connectivity index (χ0n) is 22.6. The van der Waals surface area contributed by atoms with E-state index in [1.54, 1.807) is 25.1 Å². The van der Waals surface area contributed by atoms with Crippen molar-refractivity contribution in [1.29, 1.82) is 0 Å². The van der Waals surface area contributed by atoms with Crippen LogP contribution in [-0.4, -0.2) is 46.6 Å². The second-order valence-corrected chi connectivity index (χ2v) is 10.9. The molecule has 3 heterocycles. The van der Waals surface area contributed by atoms with E-state index in [-0.39, 0.29) is 29.0 Å². The number of carbonyl (C=O) groups is 3. The highest BCUT2D eigenvalue weighted by Crippen LogP contribution is 2.40. The number of H-pyrrole nitrogens is 1. The van der Waals surface area contributed by atoms with Crippen LogP contribution in [0.4, 0.5) is 29.7 Å². The van der Waals surface area contributed by atoms with Gasteiger partial charge in [0, 0.05) is 30.1 Å². The number of rotatable bonds is 3. The number of benzene rings is 2. The summed E-state index contributed by atoms with van der Waals surface area (Å²) in [4.78, 5) is 47.3. The van der Waals surface area contributed by atoms with Gasteiger partial charge in [0.05, 0.1) is 29.4 Å². The van der Waals surface area contributed by atoms with Crippen molar-refractivity contribution in [2.24, 2.45) is 5.92 Å². The van der Waals surface area contributed by atoms with Crippen molar-refractivity contribution in [3.8, 4) is 11.3 Å². The number of amides is 3. The van der Waals surface area contributed by atoms with Gasteiger partial charge in [-0.05, 0) is 43.2 Å². The van der Waals surface area contributed by atoms with Crippen molar-refractivity contribution < 1.29 is 32.6 Å². The van der Waals surface area contributed by atoms with Crippen LogP contribution in [0, 0.1) is 17.6 Å². The molecule has 5 rings (SSSR count). The summed E-state index contributed by atoms with van der Waals surface area (Å²) in [6.07, 6.45) is -1.07. The highest BCUT2D eigenvalue weighted by atomic mass is 35.5. The van der Waals surface area contributed by atoms with Gasteiger partial charge in [-0.1, -0.05) is 36.5 Å². The minimum atomic E-state index is -1.15. The van der Waals surface area contributed by atoms with Gasteiger partial charge in [0.2, 0.25) is 5.91 Å². The zero-order valence-corrected chi connectivity index (χ0v) is 24.1. The molecule has 42 heavy (non-hydrogen) atoms. The fourth-order valence-electron chi connectivity index (χ4n) is 5.17. The Hall–Kier alpha value is -3.90. The lowest BCUT2D eigenvalue weighted by molar-refractivity contribution is -0.119. The van der Waals surface area contributed by atoms with E-state index in [4.69, 9.17) is 32.9 Å². The number of hydrogen-bond donors (Lipinski definition) is 3. The first-order chi connectivity index (χ1) is 20.1. The Bertz CT molecular complexity index is 1550. The molecule has 14 heteroatoms. The molecule has 2 bridgehead atoms. The van der Waals surface area contributed by atoms with Crippen LogP contribution < -0.4 is 10.6 Å². The molecule has 0 aliphatic carbocycles. The predicted octanol–water partition coefficient (Wildman–Crippen LogP) is 7.22. The lowest BCUT2D eigenvalue weighted by Crippen LogP contribution is -2.42. The normalized spacial score (nSPS) is 20.9. The first kappa shape index (κ1) is 29.6. The number of imidazole rings is 1. The molecule has 1 fully saturated rings. The van der Waals surface area contributed by atoms with E-state index in [0.717, 1.165) is 12.1 Å². The Morgan fingerprint density at radius 3 is 2.69 bits per heavy atom. The van der Waals surface area contributed by atoms with Crippen molar-refractivity contribution in [2.75, 3.05) is 24.3 Å². The molecular formula is C28H27Cl2F2N5O5. The summed E-state index contributed by atoms with van der Waals surface area (Å²) in [5, 5.41) is 5.36. The number of hydrogen-bond acceptors (Lipinski definition) is 6. The first-order valence-corrected chi connectivity index (χ1v) is 14.0. The average molecular weight is 622 g/mol. The topological polar surface area (TPSA) is 126 Å². The number of aromatic amines is 1. The van der Waals surface area contributed by atoms with Gasteiger partial charge in [-0.25, -0.2) is 23.4 Å². The number of carbonyl (C=O) groups excluding carboxylic acids is 3. The van der Waals surface area contributed by atoms with E-state index in [9.17, 15) is 23.2 Å². The van der Waals surface area contributed by atoms with Crippen molar-refractivity contribution in [2.45, 2.75) is 44.8 Å². The smallest absolute Gasteiger partial charge is 0.411 e. The quantitative estimate of drug-likeness (QED) is 0.265. The number of methoxy groups -OCH3 is 1. The minimum absolute atomic E-state index is 0.106. The molecule has 2 aromatic carbocycles. The molecule has 1 saturated heterocycles. The Morgan fingerprint density at radius 1 is 1.17 bits per heavy atom. The van der Waals surface area contributed by atoms with Crippen molar-refractivity contribution in [3.63, 3.8) is 0 Å². The number of cyclic esters (lactones) is 1. The van der Waals surface area contributed by atoms with E-state index in [1.165, 1.54) is 12.0 Å². The van der Waals surface area contributed by atoms with Crippen LogP contribution in [0.15, 0.2) is 30.3 Å². The molecule has 3 unspecified atom stereocenters. The third-order valence-corrected chi connectivity index (χ3v) is 7.97. The van der Waals surface area contributed by atoms with E-state index in [1.807, 2.05) is 0 Å². The van der Waals surface area contributed by atoms with E-state index in [0.29, 0.717) is 47.7 Å². The molecule has 3 aromatic rings. The first-order valence-electron chi connectivity index (χ1n) is 13.2. The van der Waals surface area contributed by atoms with Crippen molar-refractivity contribution in [1.82, 2.24) is 14.9 Å². The van der Waals surface area contributed by atoms with Gasteiger partial charge in [-0.15, -0.1) is 0 Å². The molecule has 0 saturated carbocycles. The van der Waals surface area contributed by atoms with Gasteiger partial charge in [-0.3, -0.25) is 15.0 Å². The lowest BCUT2D eigenvalue weighted by Gasteiger charge is -2.36. The van der Waals surface area contributed by atoms with Crippen LogP contribution in [-0.2, 0) is 14.3 Å². The third kappa shape index (κ3) is 5.86. The molecule has 2 aliphatic heterocycles. The third-order valence-electron chi connectivity index (χ3n) is 7.41. The summed E-state index contributed by atoms with van der Waals surface area (Å²) in [7, 11) is 1.24.